The first kappa shape index (κ1) is 112. The molecule has 0 aliphatic heterocycles. The molecule has 11 aromatic carbocycles. The van der Waals surface area contributed by atoms with E-state index in [1.54, 1.807) is 0 Å². The lowest BCUT2D eigenvalue weighted by atomic mass is 9.90. The molecule has 0 aliphatic carbocycles. The van der Waals surface area contributed by atoms with Gasteiger partial charge in [-0.25, -0.2) is 55.1 Å². The number of fused-ring (bicyclic) bond motifs is 2. The van der Waals surface area contributed by atoms with E-state index < -0.39 is 168 Å². The number of nitrogens with zero attached hydrogens (tertiary/aromatic N) is 7. The summed E-state index contributed by atoms with van der Waals surface area (Å²) in [4.78, 5) is 88.5. The van der Waals surface area contributed by atoms with Crippen molar-refractivity contribution in [3.05, 3.63) is 292 Å². The molecule has 25 nitrogen and oxygen atoms in total. The maximum atomic E-state index is 16.2. The largest absolute Gasteiger partial charge is 0.493 e. The molecule has 2 heterocycles. The molecule has 0 fully saturated rings. The number of aryl methyl sites for hydroxylation is 1. The van der Waals surface area contributed by atoms with Crippen molar-refractivity contribution in [2.45, 2.75) is 216 Å². The van der Waals surface area contributed by atoms with Crippen LogP contribution in [-0.4, -0.2) is 135 Å². The Morgan fingerprint density at radius 1 is 0.307 bits per heavy atom. The molecule has 0 N–H and O–H groups in total. The van der Waals surface area contributed by atoms with Crippen LogP contribution < -0.4 is 43.2 Å². The van der Waals surface area contributed by atoms with Crippen LogP contribution >= 0.6 is 0 Å². The monoisotopic (exact) mass is 2060 g/mol. The first-order valence-corrected chi connectivity index (χ1v) is 52.2. The smallest absolute Gasteiger partial charge is 0.341 e. The van der Waals surface area contributed by atoms with Crippen molar-refractivity contribution in [3.8, 4) is 56.8 Å². The average molecular weight is 2060 g/mol. The number of aromatic nitrogens is 6. The summed E-state index contributed by atoms with van der Waals surface area (Å²) in [7, 11) is 0. The van der Waals surface area contributed by atoms with Crippen LogP contribution in [0.5, 0.6) is 34.5 Å². The second-order valence-electron chi connectivity index (χ2n) is 37.8. The summed E-state index contributed by atoms with van der Waals surface area (Å²) in [6.45, 7) is 10.2. The third-order valence-corrected chi connectivity index (χ3v) is 25.6. The zero-order valence-corrected chi connectivity index (χ0v) is 86.4. The average Bonchev–Trinajstić information content (AvgIpc) is 1.56. The van der Waals surface area contributed by atoms with Crippen molar-refractivity contribution < 1.29 is 117 Å². The SMILES string of the molecule is CCCCCCOC(=O)c1cc(OCC(COc2ccc(F)c(C(=O)OCCCCCC)c2)(COc2ccc(F)c(C(=O)OCCCCCC)c2)Cn2nc3c(-c4ccc(N(c5ccccc5)c5ccccc5)cc4)c4n[n+](CC(COc5ccc(F)c(C(=O)OCCCCCC)c5)(COc5ccc(F)c(C(=O)OCCCCCC)c5)COc5ccc(F)c(C(=O)OCCCCCC)c5)[n-]c4c(-c4ccc(C)cc4)c3n2)ccc1F. The molecule has 0 aliphatic rings. The van der Waals surface area contributed by atoms with Crippen molar-refractivity contribution in [1.29, 1.82) is 0 Å². The predicted molar refractivity (Wildman–Crippen MR) is 559 cm³/mol. The summed E-state index contributed by atoms with van der Waals surface area (Å²) in [6, 6.07) is 56.0. The number of hydrogen-bond donors (Lipinski definition) is 0. The number of halogens is 6. The van der Waals surface area contributed by atoms with Crippen LogP contribution in [0.15, 0.2) is 218 Å². The maximum absolute atomic E-state index is 16.2. The number of benzene rings is 11. The minimum absolute atomic E-state index is 0.00808. The number of unbranched alkanes of at least 4 members (excludes halogenated alkanes) is 18. The Bertz CT molecular complexity index is 5880. The highest BCUT2D eigenvalue weighted by atomic mass is 19.1. The molecule has 0 radical (unpaired) electrons. The molecule has 0 spiro atoms. The van der Waals surface area contributed by atoms with Gasteiger partial charge in [0.15, 0.2) is 6.54 Å². The van der Waals surface area contributed by atoms with Gasteiger partial charge < -0.3 is 61.7 Å². The van der Waals surface area contributed by atoms with E-state index in [1.165, 1.54) is 82.4 Å². The molecular formula is C119H133F6N7O18. The van der Waals surface area contributed by atoms with Gasteiger partial charge in [0.25, 0.3) is 0 Å². The number of para-hydroxylation sites is 2. The Labute approximate surface area is 871 Å². The van der Waals surface area contributed by atoms with Crippen molar-refractivity contribution >= 4 is 74.9 Å². The number of ether oxygens (including phenoxy) is 12. The summed E-state index contributed by atoms with van der Waals surface area (Å²) in [6.07, 6.45) is 18.5. The number of hydrogen-bond acceptors (Lipinski definition) is 22. The zero-order valence-electron chi connectivity index (χ0n) is 86.4. The van der Waals surface area contributed by atoms with E-state index in [0.717, 1.165) is 169 Å². The van der Waals surface area contributed by atoms with Gasteiger partial charge in [-0.05, 0) is 202 Å². The van der Waals surface area contributed by atoms with E-state index in [1.807, 2.05) is 158 Å². The van der Waals surface area contributed by atoms with E-state index in [4.69, 9.17) is 77.2 Å². The van der Waals surface area contributed by atoms with Gasteiger partial charge in [0, 0.05) is 39.2 Å². The third-order valence-electron chi connectivity index (χ3n) is 25.6. The van der Waals surface area contributed by atoms with E-state index in [2.05, 4.69) is 4.90 Å². The Hall–Kier alpha value is -14.8. The van der Waals surface area contributed by atoms with Crippen molar-refractivity contribution in [1.82, 2.24) is 25.2 Å². The van der Waals surface area contributed by atoms with E-state index in [-0.39, 0.29) is 96.2 Å². The Kier molecular flexibility index (Phi) is 42.8. The van der Waals surface area contributed by atoms with E-state index >= 15 is 26.3 Å². The van der Waals surface area contributed by atoms with Crippen LogP contribution in [0, 0.1) is 52.7 Å². The van der Waals surface area contributed by atoms with Gasteiger partial charge in [-0.1, -0.05) is 235 Å². The lowest BCUT2D eigenvalue weighted by Crippen LogP contribution is -2.55. The first-order chi connectivity index (χ1) is 72.9. The Morgan fingerprint density at radius 2 is 0.567 bits per heavy atom. The van der Waals surface area contributed by atoms with Crippen molar-refractivity contribution in [2.24, 2.45) is 10.8 Å². The standard InChI is InChI=1S/C119H133F6N7O18/c1-8-14-20-32-62-139-112(133)94-68-88(50-56-100(94)120)145-76-118(77-146-89-51-57-101(121)95(69-89)113(134)140-63-33-21-15-9-2,78-147-90-52-58-102(122)96(70-90)114(135)141-64-34-22-16-10-3)74-130-126-108-106(83-44-42-82(7)43-45-83)109-111(107(110(108)128-130)84-46-48-87(49-47-84)132(85-38-28-26-29-39-85)86-40-30-27-31-41-86)129-131(127-109)75-119(79-148-91-53-59-103(123)97(71-91)115(136)142-65-35-23-17-11-4,80-149-92-54-60-104(124)98(72-92)116(137)143-66-36-24-18-12-5)81-150-93-55-61-105(125)99(73-93)117(138)144-67-37-25-19-13-6/h26-31,38-61,68-73H,8-25,32-37,62-67,74-81H2,1-7H3. The van der Waals surface area contributed by atoms with Gasteiger partial charge in [-0.2, -0.15) is 30.0 Å². The lowest BCUT2D eigenvalue weighted by molar-refractivity contribution is -0.814. The van der Waals surface area contributed by atoms with Crippen LogP contribution in [-0.2, 0) is 41.5 Å². The Balaban J connectivity index is 1.03. The number of carbonyl (C=O) groups excluding carboxylic acids is 6. The summed E-state index contributed by atoms with van der Waals surface area (Å²) in [5.74, 6) is -11.5. The topological polar surface area (TPSA) is 278 Å². The van der Waals surface area contributed by atoms with Gasteiger partial charge >= 0.3 is 35.8 Å². The molecule has 13 rings (SSSR count). The molecule has 0 atom stereocenters. The van der Waals surface area contributed by atoms with E-state index in [0.29, 0.717) is 66.5 Å². The Morgan fingerprint density at radius 3 is 0.853 bits per heavy atom. The maximum Gasteiger partial charge on any atom is 0.341 e. The molecular weight excluding hydrogens is 1930 g/mol. The molecule has 0 bridgehead atoms. The minimum Gasteiger partial charge on any atom is -0.493 e. The number of anilines is 3. The molecule has 0 saturated heterocycles. The second kappa shape index (κ2) is 57.1. The van der Waals surface area contributed by atoms with Crippen LogP contribution in [0.25, 0.3) is 44.3 Å². The molecule has 0 unspecified atom stereocenters. The molecule has 150 heavy (non-hydrogen) atoms. The van der Waals surface area contributed by atoms with Gasteiger partial charge in [-0.15, -0.1) is 0 Å². The van der Waals surface area contributed by atoms with Crippen molar-refractivity contribution in [3.63, 3.8) is 0 Å². The highest BCUT2D eigenvalue weighted by Gasteiger charge is 2.42. The first-order valence-electron chi connectivity index (χ1n) is 52.2. The predicted octanol–water partition coefficient (Wildman–Crippen LogP) is 27.0. The van der Waals surface area contributed by atoms with Gasteiger partial charge in [0.2, 0.25) is 0 Å². The van der Waals surface area contributed by atoms with E-state index in [9.17, 15) is 28.8 Å². The molecule has 13 aromatic rings. The van der Waals surface area contributed by atoms with Crippen LogP contribution in [0.2, 0.25) is 0 Å². The summed E-state index contributed by atoms with van der Waals surface area (Å²) in [5.41, 5.74) is -0.522. The fraction of sp³-hybridized carbons (Fsp3) is 0.395. The van der Waals surface area contributed by atoms with Crippen LogP contribution in [0.1, 0.15) is 263 Å². The molecule has 0 saturated carbocycles. The van der Waals surface area contributed by atoms with Crippen LogP contribution in [0.4, 0.5) is 43.4 Å². The molecule has 31 heteroatoms. The summed E-state index contributed by atoms with van der Waals surface area (Å²) < 4.78 is 172. The number of esters is 6. The fourth-order valence-electron chi connectivity index (χ4n) is 17.1. The van der Waals surface area contributed by atoms with Crippen molar-refractivity contribution in [2.75, 3.05) is 84.2 Å². The third kappa shape index (κ3) is 31.7. The molecule has 2 aromatic heterocycles. The van der Waals surface area contributed by atoms with Gasteiger partial charge in [0.1, 0.15) is 125 Å². The number of rotatable bonds is 63. The van der Waals surface area contributed by atoms with Crippen LogP contribution in [0.3, 0.4) is 0 Å². The highest BCUT2D eigenvalue weighted by molar-refractivity contribution is 6.16. The summed E-state index contributed by atoms with van der Waals surface area (Å²) in [5, 5.41) is 22.1. The summed E-state index contributed by atoms with van der Waals surface area (Å²) >= 11 is 0. The minimum atomic E-state index is -1.74. The second-order valence-corrected chi connectivity index (χ2v) is 37.8. The number of carbonyl (C=O) groups is 6. The normalized spacial score (nSPS) is 11.5. The quantitative estimate of drug-likeness (QED) is 0.0113. The van der Waals surface area contributed by atoms with Gasteiger partial charge in [0.05, 0.1) is 85.0 Å². The molecule has 0 amide bonds. The fourth-order valence-corrected chi connectivity index (χ4v) is 17.1. The highest BCUT2D eigenvalue weighted by Crippen LogP contribution is 2.44. The lowest BCUT2D eigenvalue weighted by Gasteiger charge is -2.33. The molecule has 794 valence electrons. The van der Waals surface area contributed by atoms with Gasteiger partial charge in [-0.3, -0.25) is 0 Å². The zero-order chi connectivity index (χ0) is 106.